The molecule has 21 heavy (non-hydrogen) atoms. The van der Waals surface area contributed by atoms with E-state index in [2.05, 4.69) is 10.1 Å². The molecule has 0 radical (unpaired) electrons. The highest BCUT2D eigenvalue weighted by Gasteiger charge is 2.05. The van der Waals surface area contributed by atoms with Gasteiger partial charge >= 0.3 is 0 Å². The lowest BCUT2D eigenvalue weighted by Gasteiger charge is -2.18. The van der Waals surface area contributed by atoms with Gasteiger partial charge < -0.3 is 9.64 Å². The lowest BCUT2D eigenvalue weighted by Crippen LogP contribution is -2.27. The molecule has 0 spiro atoms. The third kappa shape index (κ3) is 4.27. The minimum absolute atomic E-state index is 0.160. The highest BCUT2D eigenvalue weighted by molar-refractivity contribution is 6.29. The Kier molecular flexibility index (Phi) is 5.30. The number of likely N-dealkylation sites (N-methyl/N-ethyl adjacent to an activating group) is 1. The fourth-order valence-corrected chi connectivity index (χ4v) is 1.89. The minimum atomic E-state index is -0.160. The Balaban J connectivity index is 2.12. The van der Waals surface area contributed by atoms with Gasteiger partial charge in [0, 0.05) is 33.0 Å². The topological polar surface area (TPSA) is 60.2 Å². The van der Waals surface area contributed by atoms with Crippen LogP contribution in [0, 0.1) is 0 Å². The monoisotopic (exact) mass is 308 g/mol. The lowest BCUT2D eigenvalue weighted by molar-refractivity contribution is 0.206. The van der Waals surface area contributed by atoms with Gasteiger partial charge in [0.05, 0.1) is 25.0 Å². The third-order valence-electron chi connectivity index (χ3n) is 3.05. The molecule has 0 saturated carbocycles. The van der Waals surface area contributed by atoms with Gasteiger partial charge in [-0.1, -0.05) is 17.7 Å². The molecule has 0 amide bonds. The van der Waals surface area contributed by atoms with Crippen LogP contribution in [-0.2, 0) is 11.3 Å². The predicted molar refractivity (Wildman–Crippen MR) is 82.0 cm³/mol. The predicted octanol–water partition coefficient (Wildman–Crippen LogP) is 1.42. The first-order valence-electron chi connectivity index (χ1n) is 6.48. The van der Waals surface area contributed by atoms with Crippen molar-refractivity contribution in [2.24, 2.45) is 0 Å². The number of nitrogens with zero attached hydrogens (tertiary/aromatic N) is 4. The molecule has 0 unspecified atom stereocenters. The molecule has 0 bridgehead atoms. The Hall–Kier alpha value is -1.92. The Morgan fingerprint density at radius 1 is 1.38 bits per heavy atom. The first-order valence-corrected chi connectivity index (χ1v) is 6.85. The third-order valence-corrected chi connectivity index (χ3v) is 3.27. The largest absolute Gasteiger partial charge is 0.383 e. The zero-order valence-corrected chi connectivity index (χ0v) is 12.7. The molecule has 0 aromatic carbocycles. The van der Waals surface area contributed by atoms with Crippen molar-refractivity contribution < 1.29 is 4.74 Å². The van der Waals surface area contributed by atoms with E-state index in [1.54, 1.807) is 31.6 Å². The first-order chi connectivity index (χ1) is 10.1. The van der Waals surface area contributed by atoms with Crippen molar-refractivity contribution in [3.8, 4) is 0 Å². The summed E-state index contributed by atoms with van der Waals surface area (Å²) in [5.41, 5.74) is 1.48. The van der Waals surface area contributed by atoms with Crippen LogP contribution >= 0.6 is 11.6 Å². The number of anilines is 1. The molecule has 2 aromatic heterocycles. The molecule has 2 aromatic rings. The molecule has 0 aliphatic heterocycles. The van der Waals surface area contributed by atoms with Gasteiger partial charge in [-0.05, 0) is 11.6 Å². The van der Waals surface area contributed by atoms with Crippen LogP contribution in [0.15, 0.2) is 35.4 Å². The van der Waals surface area contributed by atoms with Crippen molar-refractivity contribution in [3.63, 3.8) is 0 Å². The molecule has 2 heterocycles. The van der Waals surface area contributed by atoms with Gasteiger partial charge in [-0.25, -0.2) is 9.67 Å². The number of ether oxygens (including phenoxy) is 1. The summed E-state index contributed by atoms with van der Waals surface area (Å²) in [6.07, 6.45) is 3.30. The quantitative estimate of drug-likeness (QED) is 0.755. The molecule has 0 aliphatic carbocycles. The highest BCUT2D eigenvalue weighted by Crippen LogP contribution is 2.08. The number of hydrogen-bond donors (Lipinski definition) is 0. The van der Waals surface area contributed by atoms with Crippen LogP contribution in [0.1, 0.15) is 5.56 Å². The van der Waals surface area contributed by atoms with Crippen LogP contribution in [-0.4, -0.2) is 42.1 Å². The van der Waals surface area contributed by atoms with Crippen LogP contribution in [0.3, 0.4) is 0 Å². The highest BCUT2D eigenvalue weighted by atomic mass is 35.5. The van der Waals surface area contributed by atoms with E-state index in [9.17, 15) is 4.79 Å². The molecular formula is C14H17ClN4O2. The zero-order valence-electron chi connectivity index (χ0n) is 12.0. The van der Waals surface area contributed by atoms with Gasteiger partial charge in [-0.2, -0.15) is 5.10 Å². The van der Waals surface area contributed by atoms with Crippen molar-refractivity contribution in [1.29, 1.82) is 0 Å². The molecule has 6 nitrogen and oxygen atoms in total. The van der Waals surface area contributed by atoms with Crippen molar-refractivity contribution in [1.82, 2.24) is 14.8 Å². The SMILES string of the molecule is COCCN(C)c1cnn(Cc2ccc(Cl)nc2)c(=O)c1. The fourth-order valence-electron chi connectivity index (χ4n) is 1.78. The normalized spacial score (nSPS) is 10.6. The van der Waals surface area contributed by atoms with Crippen molar-refractivity contribution in [2.75, 3.05) is 32.2 Å². The molecule has 2 rings (SSSR count). The average Bonchev–Trinajstić information content (AvgIpc) is 2.49. The number of rotatable bonds is 6. The smallest absolute Gasteiger partial charge is 0.269 e. The average molecular weight is 309 g/mol. The number of hydrogen-bond acceptors (Lipinski definition) is 5. The molecule has 0 fully saturated rings. The van der Waals surface area contributed by atoms with Gasteiger partial charge in [0.1, 0.15) is 5.15 Å². The molecular weight excluding hydrogens is 292 g/mol. The van der Waals surface area contributed by atoms with E-state index in [1.807, 2.05) is 18.0 Å². The first kappa shape index (κ1) is 15.5. The Morgan fingerprint density at radius 3 is 2.81 bits per heavy atom. The van der Waals surface area contributed by atoms with E-state index >= 15 is 0 Å². The second-order valence-electron chi connectivity index (χ2n) is 4.61. The lowest BCUT2D eigenvalue weighted by atomic mass is 10.3. The number of aromatic nitrogens is 3. The van der Waals surface area contributed by atoms with Gasteiger partial charge in [-0.15, -0.1) is 0 Å². The van der Waals surface area contributed by atoms with E-state index in [4.69, 9.17) is 16.3 Å². The molecule has 0 aliphatic rings. The fraction of sp³-hybridized carbons (Fsp3) is 0.357. The number of methoxy groups -OCH3 is 1. The summed E-state index contributed by atoms with van der Waals surface area (Å²) in [5, 5.41) is 4.61. The summed E-state index contributed by atoms with van der Waals surface area (Å²) in [4.78, 5) is 18.0. The maximum Gasteiger partial charge on any atom is 0.269 e. The Labute approximate surface area is 127 Å². The molecule has 0 N–H and O–H groups in total. The zero-order chi connectivity index (χ0) is 15.2. The number of pyridine rings is 1. The maximum absolute atomic E-state index is 12.1. The molecule has 112 valence electrons. The Bertz CT molecular complexity index is 642. The van der Waals surface area contributed by atoms with E-state index in [0.29, 0.717) is 24.8 Å². The van der Waals surface area contributed by atoms with E-state index in [1.165, 1.54) is 4.68 Å². The summed E-state index contributed by atoms with van der Waals surface area (Å²) in [6.45, 7) is 1.66. The van der Waals surface area contributed by atoms with Gasteiger partial charge in [0.25, 0.3) is 5.56 Å². The standard InChI is InChI=1S/C14H17ClN4O2/c1-18(5-6-21-2)12-7-14(20)19(17-9-12)10-11-3-4-13(15)16-8-11/h3-4,7-9H,5-6,10H2,1-2H3. The summed E-state index contributed by atoms with van der Waals surface area (Å²) in [5.74, 6) is 0. The van der Waals surface area contributed by atoms with Gasteiger partial charge in [0.15, 0.2) is 0 Å². The minimum Gasteiger partial charge on any atom is -0.383 e. The van der Waals surface area contributed by atoms with Crippen LogP contribution in [0.4, 0.5) is 5.69 Å². The van der Waals surface area contributed by atoms with Crippen LogP contribution in [0.25, 0.3) is 0 Å². The van der Waals surface area contributed by atoms with Crippen LogP contribution in [0.5, 0.6) is 0 Å². The van der Waals surface area contributed by atoms with E-state index < -0.39 is 0 Å². The summed E-state index contributed by atoms with van der Waals surface area (Å²) >= 11 is 5.73. The molecule has 7 heteroatoms. The Morgan fingerprint density at radius 2 is 2.19 bits per heavy atom. The second kappa shape index (κ2) is 7.19. The van der Waals surface area contributed by atoms with E-state index in [0.717, 1.165) is 11.3 Å². The van der Waals surface area contributed by atoms with E-state index in [-0.39, 0.29) is 5.56 Å². The van der Waals surface area contributed by atoms with Crippen molar-refractivity contribution >= 4 is 17.3 Å². The van der Waals surface area contributed by atoms with Gasteiger partial charge in [-0.3, -0.25) is 4.79 Å². The van der Waals surface area contributed by atoms with Crippen molar-refractivity contribution in [2.45, 2.75) is 6.54 Å². The summed E-state index contributed by atoms with van der Waals surface area (Å²) in [6, 6.07) is 5.07. The molecule has 0 saturated heterocycles. The second-order valence-corrected chi connectivity index (χ2v) is 5.00. The maximum atomic E-state index is 12.1. The summed E-state index contributed by atoms with van der Waals surface area (Å²) in [7, 11) is 3.53. The van der Waals surface area contributed by atoms with Crippen molar-refractivity contribution in [3.05, 3.63) is 51.7 Å². The molecule has 0 atom stereocenters. The number of halogens is 1. The van der Waals surface area contributed by atoms with Crippen LogP contribution in [0.2, 0.25) is 5.15 Å². The summed E-state index contributed by atoms with van der Waals surface area (Å²) < 4.78 is 6.40. The van der Waals surface area contributed by atoms with Crippen LogP contribution < -0.4 is 10.5 Å². The van der Waals surface area contributed by atoms with Gasteiger partial charge in [0.2, 0.25) is 0 Å².